The maximum absolute atomic E-state index is 5.77. The summed E-state index contributed by atoms with van der Waals surface area (Å²) in [6.45, 7) is 6.82. The molecule has 1 heterocycles. The molecule has 0 unspecified atom stereocenters. The van der Waals surface area contributed by atoms with Gasteiger partial charge >= 0.3 is 0 Å². The van der Waals surface area contributed by atoms with Crippen molar-refractivity contribution in [3.05, 3.63) is 57.8 Å². The molecule has 0 fully saturated rings. The third-order valence-electron chi connectivity index (χ3n) is 2.98. The molecule has 0 aliphatic rings. The fourth-order valence-corrected chi connectivity index (χ4v) is 2.13. The molecule has 3 heteroatoms. The van der Waals surface area contributed by atoms with Gasteiger partial charge in [-0.25, -0.2) is 0 Å². The molecule has 0 atom stereocenters. The minimum Gasteiger partial charge on any atom is -0.487 e. The van der Waals surface area contributed by atoms with E-state index in [2.05, 4.69) is 46.9 Å². The van der Waals surface area contributed by atoms with Crippen molar-refractivity contribution in [1.82, 2.24) is 4.98 Å². The number of aryl methyl sites for hydroxylation is 1. The van der Waals surface area contributed by atoms with Gasteiger partial charge in [-0.3, -0.25) is 4.98 Å². The van der Waals surface area contributed by atoms with Crippen molar-refractivity contribution < 1.29 is 4.74 Å². The van der Waals surface area contributed by atoms with E-state index in [0.29, 0.717) is 12.5 Å². The van der Waals surface area contributed by atoms with Crippen molar-refractivity contribution in [3.8, 4) is 5.75 Å². The number of hydrogen-bond acceptors (Lipinski definition) is 2. The number of pyridine rings is 1. The van der Waals surface area contributed by atoms with Crippen molar-refractivity contribution in [3.63, 3.8) is 0 Å². The average Bonchev–Trinajstić information content (AvgIpc) is 2.40. The standard InChI is InChI=1S/C16H18BrNO/c1-11(2)13-5-7-14(8-6-13)19-10-16-15(17)9-4-12(3)18-16/h4-9,11H,10H2,1-3H3. The first-order valence-corrected chi connectivity index (χ1v) is 7.20. The van der Waals surface area contributed by atoms with Gasteiger partial charge in [-0.2, -0.15) is 0 Å². The van der Waals surface area contributed by atoms with Crippen molar-refractivity contribution in [2.45, 2.75) is 33.3 Å². The predicted molar refractivity (Wildman–Crippen MR) is 81.5 cm³/mol. The fraction of sp³-hybridized carbons (Fsp3) is 0.312. The molecular formula is C16H18BrNO. The lowest BCUT2D eigenvalue weighted by Crippen LogP contribution is -2.00. The molecule has 0 spiro atoms. The molecule has 0 saturated heterocycles. The molecule has 0 aliphatic carbocycles. The van der Waals surface area contributed by atoms with Crippen LogP contribution in [-0.4, -0.2) is 4.98 Å². The summed E-state index contributed by atoms with van der Waals surface area (Å²) in [7, 11) is 0. The topological polar surface area (TPSA) is 22.1 Å². The first-order valence-electron chi connectivity index (χ1n) is 6.41. The maximum Gasteiger partial charge on any atom is 0.131 e. The number of rotatable bonds is 4. The van der Waals surface area contributed by atoms with E-state index in [9.17, 15) is 0 Å². The minimum absolute atomic E-state index is 0.475. The number of aromatic nitrogens is 1. The molecule has 0 radical (unpaired) electrons. The molecule has 0 bridgehead atoms. The number of ether oxygens (including phenoxy) is 1. The van der Waals surface area contributed by atoms with Gasteiger partial charge in [0.2, 0.25) is 0 Å². The highest BCUT2D eigenvalue weighted by atomic mass is 79.9. The molecule has 0 aliphatic heterocycles. The van der Waals surface area contributed by atoms with Crippen LogP contribution in [0.15, 0.2) is 40.9 Å². The lowest BCUT2D eigenvalue weighted by atomic mass is 10.0. The molecule has 0 saturated carbocycles. The third kappa shape index (κ3) is 3.80. The SMILES string of the molecule is Cc1ccc(Br)c(COc2ccc(C(C)C)cc2)n1. The Hall–Kier alpha value is -1.35. The molecule has 2 aromatic rings. The van der Waals surface area contributed by atoms with Crippen molar-refractivity contribution in [1.29, 1.82) is 0 Å². The first kappa shape index (κ1) is 14.1. The minimum atomic E-state index is 0.475. The second-order valence-corrected chi connectivity index (χ2v) is 5.75. The van der Waals surface area contributed by atoms with E-state index in [-0.39, 0.29) is 0 Å². The Morgan fingerprint density at radius 2 is 1.79 bits per heavy atom. The highest BCUT2D eigenvalue weighted by Gasteiger charge is 2.04. The van der Waals surface area contributed by atoms with Crippen molar-refractivity contribution in [2.24, 2.45) is 0 Å². The zero-order valence-corrected chi connectivity index (χ0v) is 13.1. The number of halogens is 1. The first-order chi connectivity index (χ1) is 9.06. The Morgan fingerprint density at radius 3 is 2.42 bits per heavy atom. The summed E-state index contributed by atoms with van der Waals surface area (Å²) in [5, 5.41) is 0. The van der Waals surface area contributed by atoms with E-state index in [4.69, 9.17) is 4.74 Å². The van der Waals surface area contributed by atoms with Crippen molar-refractivity contribution >= 4 is 15.9 Å². The van der Waals surface area contributed by atoms with E-state index in [1.165, 1.54) is 5.56 Å². The molecular weight excluding hydrogens is 302 g/mol. The summed E-state index contributed by atoms with van der Waals surface area (Å²) in [4.78, 5) is 4.46. The Bertz CT molecular complexity index is 549. The third-order valence-corrected chi connectivity index (χ3v) is 3.70. The highest BCUT2D eigenvalue weighted by molar-refractivity contribution is 9.10. The Kier molecular flexibility index (Phi) is 4.59. The van der Waals surface area contributed by atoms with E-state index in [0.717, 1.165) is 21.6 Å². The Morgan fingerprint density at radius 1 is 1.11 bits per heavy atom. The van der Waals surface area contributed by atoms with Crippen LogP contribution in [0.4, 0.5) is 0 Å². The van der Waals surface area contributed by atoms with Crippen LogP contribution in [0.25, 0.3) is 0 Å². The smallest absolute Gasteiger partial charge is 0.131 e. The summed E-state index contributed by atoms with van der Waals surface area (Å²) < 4.78 is 6.75. The lowest BCUT2D eigenvalue weighted by Gasteiger charge is -2.10. The maximum atomic E-state index is 5.77. The predicted octanol–water partition coefficient (Wildman–Crippen LogP) is 4.85. The van der Waals surface area contributed by atoms with Gasteiger partial charge in [0, 0.05) is 10.2 Å². The van der Waals surface area contributed by atoms with Crippen LogP contribution in [0.3, 0.4) is 0 Å². The zero-order valence-electron chi connectivity index (χ0n) is 11.5. The Labute approximate surface area is 123 Å². The van der Waals surface area contributed by atoms with E-state index >= 15 is 0 Å². The van der Waals surface area contributed by atoms with Gasteiger partial charge in [0.25, 0.3) is 0 Å². The number of hydrogen-bond donors (Lipinski definition) is 0. The summed E-state index contributed by atoms with van der Waals surface area (Å²) in [6.07, 6.45) is 0. The van der Waals surface area contributed by atoms with Crippen LogP contribution in [0.5, 0.6) is 5.75 Å². The molecule has 100 valence electrons. The van der Waals surface area contributed by atoms with Gasteiger partial charge in [-0.1, -0.05) is 26.0 Å². The van der Waals surface area contributed by atoms with Crippen LogP contribution in [0.1, 0.15) is 36.7 Å². The van der Waals surface area contributed by atoms with Gasteiger partial charge in [-0.15, -0.1) is 0 Å². The molecule has 0 amide bonds. The molecule has 2 rings (SSSR count). The normalized spacial score (nSPS) is 10.8. The summed E-state index contributed by atoms with van der Waals surface area (Å²) in [5.41, 5.74) is 3.24. The molecule has 2 nitrogen and oxygen atoms in total. The van der Waals surface area contributed by atoms with Crippen molar-refractivity contribution in [2.75, 3.05) is 0 Å². The van der Waals surface area contributed by atoms with E-state index < -0.39 is 0 Å². The van der Waals surface area contributed by atoms with Gasteiger partial charge in [0.15, 0.2) is 0 Å². The summed E-state index contributed by atoms with van der Waals surface area (Å²) in [6, 6.07) is 12.2. The monoisotopic (exact) mass is 319 g/mol. The van der Waals surface area contributed by atoms with Crippen LogP contribution >= 0.6 is 15.9 Å². The lowest BCUT2D eigenvalue weighted by molar-refractivity contribution is 0.300. The highest BCUT2D eigenvalue weighted by Crippen LogP contribution is 2.21. The largest absolute Gasteiger partial charge is 0.487 e. The van der Waals surface area contributed by atoms with Gasteiger partial charge < -0.3 is 4.74 Å². The second-order valence-electron chi connectivity index (χ2n) is 4.89. The molecule has 0 N–H and O–H groups in total. The number of benzene rings is 1. The number of nitrogens with zero attached hydrogens (tertiary/aromatic N) is 1. The molecule has 1 aromatic heterocycles. The van der Waals surface area contributed by atoms with E-state index in [1.54, 1.807) is 0 Å². The average molecular weight is 320 g/mol. The Balaban J connectivity index is 2.04. The summed E-state index contributed by atoms with van der Waals surface area (Å²) in [5.74, 6) is 1.42. The van der Waals surface area contributed by atoms with Crippen LogP contribution in [0.2, 0.25) is 0 Å². The second kappa shape index (κ2) is 6.20. The van der Waals surface area contributed by atoms with Crippen LogP contribution in [-0.2, 0) is 6.61 Å². The van der Waals surface area contributed by atoms with Crippen LogP contribution in [0, 0.1) is 6.92 Å². The summed E-state index contributed by atoms with van der Waals surface area (Å²) >= 11 is 3.49. The van der Waals surface area contributed by atoms with Gasteiger partial charge in [-0.05, 0) is 58.6 Å². The quantitative estimate of drug-likeness (QED) is 0.803. The van der Waals surface area contributed by atoms with E-state index in [1.807, 2.05) is 31.2 Å². The van der Waals surface area contributed by atoms with Gasteiger partial charge in [0.1, 0.15) is 12.4 Å². The zero-order chi connectivity index (χ0) is 13.8. The molecule has 19 heavy (non-hydrogen) atoms. The van der Waals surface area contributed by atoms with Gasteiger partial charge in [0.05, 0.1) is 5.69 Å². The van der Waals surface area contributed by atoms with Crippen LogP contribution < -0.4 is 4.74 Å². The molecule has 1 aromatic carbocycles. The fourth-order valence-electron chi connectivity index (χ4n) is 1.80.